The average Bonchev–Trinajstić information content (AvgIpc) is 3.41. The molecule has 0 bridgehead atoms. The van der Waals surface area contributed by atoms with Crippen LogP contribution in [0.15, 0.2) is 60.8 Å². The Morgan fingerprint density at radius 1 is 0.267 bits per heavy atom. The van der Waals surface area contributed by atoms with E-state index in [1.807, 2.05) is 0 Å². The molecule has 0 aromatic carbocycles. The largest absolute Gasteiger partial charge is 0.462 e. The Morgan fingerprint density at radius 3 is 0.840 bits per heavy atom. The summed E-state index contributed by atoms with van der Waals surface area (Å²) in [5, 5.41) is 0. The van der Waals surface area contributed by atoms with Gasteiger partial charge in [-0.15, -0.1) is 0 Å². The first-order chi connectivity index (χ1) is 37.0. The zero-order valence-electron chi connectivity index (χ0n) is 50.1. The van der Waals surface area contributed by atoms with Crippen molar-refractivity contribution in [1.82, 2.24) is 0 Å². The van der Waals surface area contributed by atoms with Crippen LogP contribution in [-0.2, 0) is 28.6 Å². The molecule has 0 spiro atoms. The van der Waals surface area contributed by atoms with E-state index >= 15 is 0 Å². The van der Waals surface area contributed by atoms with Crippen molar-refractivity contribution in [2.75, 3.05) is 13.2 Å². The summed E-state index contributed by atoms with van der Waals surface area (Å²) in [6, 6.07) is 0. The van der Waals surface area contributed by atoms with Gasteiger partial charge in [0, 0.05) is 19.3 Å². The van der Waals surface area contributed by atoms with E-state index in [1.165, 1.54) is 231 Å². The summed E-state index contributed by atoms with van der Waals surface area (Å²) in [6.45, 7) is 6.62. The maximum atomic E-state index is 12.9. The molecule has 436 valence electrons. The molecule has 0 fully saturated rings. The van der Waals surface area contributed by atoms with Crippen LogP contribution in [0.2, 0.25) is 0 Å². The maximum absolute atomic E-state index is 12.9. The van der Waals surface area contributed by atoms with Crippen molar-refractivity contribution in [3.8, 4) is 0 Å². The van der Waals surface area contributed by atoms with Crippen LogP contribution in [0.4, 0.5) is 0 Å². The molecule has 1 atom stereocenters. The highest BCUT2D eigenvalue weighted by atomic mass is 16.6. The first-order valence-corrected chi connectivity index (χ1v) is 32.8. The second kappa shape index (κ2) is 63.6. The van der Waals surface area contributed by atoms with Crippen molar-refractivity contribution in [3.05, 3.63) is 60.8 Å². The molecule has 0 radical (unpaired) electrons. The fraction of sp³-hybridized carbons (Fsp3) is 0.812. The highest BCUT2D eigenvalue weighted by molar-refractivity contribution is 5.71. The van der Waals surface area contributed by atoms with Gasteiger partial charge in [-0.25, -0.2) is 0 Å². The highest BCUT2D eigenvalue weighted by Crippen LogP contribution is 2.17. The zero-order chi connectivity index (χ0) is 54.3. The van der Waals surface area contributed by atoms with Crippen LogP contribution in [0.1, 0.15) is 342 Å². The topological polar surface area (TPSA) is 78.9 Å². The van der Waals surface area contributed by atoms with Crippen LogP contribution < -0.4 is 0 Å². The van der Waals surface area contributed by atoms with Crippen molar-refractivity contribution in [2.24, 2.45) is 0 Å². The number of carbonyl (C=O) groups is 3. The lowest BCUT2D eigenvalue weighted by molar-refractivity contribution is -0.167. The van der Waals surface area contributed by atoms with E-state index in [0.717, 1.165) is 64.2 Å². The minimum absolute atomic E-state index is 0.0881. The van der Waals surface area contributed by atoms with Gasteiger partial charge in [-0.2, -0.15) is 0 Å². The van der Waals surface area contributed by atoms with Crippen LogP contribution in [0, 0.1) is 0 Å². The third-order valence-corrected chi connectivity index (χ3v) is 14.5. The molecular weight excluding hydrogens is 925 g/mol. The Hall–Kier alpha value is -2.89. The fourth-order valence-electron chi connectivity index (χ4n) is 9.55. The summed E-state index contributed by atoms with van der Waals surface area (Å²) in [6.07, 6.45) is 80.9. The van der Waals surface area contributed by atoms with Crippen LogP contribution in [-0.4, -0.2) is 37.2 Å². The van der Waals surface area contributed by atoms with Crippen LogP contribution in [0.25, 0.3) is 0 Å². The van der Waals surface area contributed by atoms with Crippen LogP contribution in [0.3, 0.4) is 0 Å². The molecule has 0 unspecified atom stereocenters. The molecule has 0 aromatic rings. The molecule has 0 aliphatic heterocycles. The molecule has 0 aliphatic carbocycles. The standard InChI is InChI=1S/C69H124O6/c1-4-7-10-13-16-19-22-25-28-31-33-34-36-38-41-44-47-50-53-56-59-62-68(71)74-65-66(64-73-67(70)61-58-55-52-49-46-43-40-37-30-27-24-21-18-15-12-9-6-3)75-69(72)63-60-57-54-51-48-45-42-39-35-32-29-26-23-20-17-14-11-8-5-2/h18,21,25,27-28,30,40,43,49,52,66H,4-17,19-20,22-24,26,29,31-39,41-42,44-48,50-51,53-65H2,1-3H3/b21-18-,28-25-,30-27-,43-40-,52-49-/t66-/m1/s1. The number of hydrogen-bond donors (Lipinski definition) is 0. The number of unbranched alkanes of at least 4 members (excludes halogenated alkanes) is 39. The Kier molecular flexibility index (Phi) is 61.2. The smallest absolute Gasteiger partial charge is 0.306 e. The van der Waals surface area contributed by atoms with E-state index in [-0.39, 0.29) is 37.5 Å². The molecule has 0 aromatic heterocycles. The van der Waals surface area contributed by atoms with E-state index in [2.05, 4.69) is 81.5 Å². The summed E-state index contributed by atoms with van der Waals surface area (Å²) in [5.41, 5.74) is 0. The Bertz CT molecular complexity index is 1340. The van der Waals surface area contributed by atoms with Crippen molar-refractivity contribution in [2.45, 2.75) is 348 Å². The van der Waals surface area contributed by atoms with E-state index in [1.54, 1.807) is 0 Å². The molecule has 75 heavy (non-hydrogen) atoms. The Balaban J connectivity index is 4.39. The summed E-state index contributed by atoms with van der Waals surface area (Å²) in [5.74, 6) is -0.927. The van der Waals surface area contributed by atoms with Gasteiger partial charge in [0.25, 0.3) is 0 Å². The quantitative estimate of drug-likeness (QED) is 0.0261. The summed E-state index contributed by atoms with van der Waals surface area (Å²) in [4.78, 5) is 38.3. The fourth-order valence-corrected chi connectivity index (χ4v) is 9.55. The van der Waals surface area contributed by atoms with Crippen molar-refractivity contribution >= 4 is 17.9 Å². The molecule has 6 nitrogen and oxygen atoms in total. The van der Waals surface area contributed by atoms with Crippen molar-refractivity contribution < 1.29 is 28.6 Å². The van der Waals surface area contributed by atoms with Gasteiger partial charge in [0.1, 0.15) is 13.2 Å². The van der Waals surface area contributed by atoms with Gasteiger partial charge >= 0.3 is 17.9 Å². The normalized spacial score (nSPS) is 12.4. The molecule has 0 N–H and O–H groups in total. The molecular formula is C69H124O6. The number of carbonyl (C=O) groups excluding carboxylic acids is 3. The predicted molar refractivity (Wildman–Crippen MR) is 325 cm³/mol. The first-order valence-electron chi connectivity index (χ1n) is 32.8. The molecule has 0 saturated heterocycles. The lowest BCUT2D eigenvalue weighted by atomic mass is 10.0. The number of hydrogen-bond acceptors (Lipinski definition) is 6. The molecule has 0 heterocycles. The second-order valence-electron chi connectivity index (χ2n) is 22.0. The SMILES string of the molecule is CCCCC/C=C\C/C=C\C/C=C\C/C=C\CCCC(=O)OC[C@H](COC(=O)CCCCCCCCCCCCC/C=C\CCCCCCCC)OC(=O)CCCCCCCCCCCCCCCCCCCCC. The number of allylic oxidation sites excluding steroid dienone is 10. The minimum Gasteiger partial charge on any atom is -0.462 e. The Morgan fingerprint density at radius 2 is 0.493 bits per heavy atom. The first kappa shape index (κ1) is 72.1. The van der Waals surface area contributed by atoms with Gasteiger partial charge < -0.3 is 14.2 Å². The van der Waals surface area contributed by atoms with Crippen LogP contribution in [0.5, 0.6) is 0 Å². The summed E-state index contributed by atoms with van der Waals surface area (Å²) in [7, 11) is 0. The number of esters is 3. The van der Waals surface area contributed by atoms with E-state index in [0.29, 0.717) is 19.3 Å². The summed E-state index contributed by atoms with van der Waals surface area (Å²) >= 11 is 0. The van der Waals surface area contributed by atoms with Gasteiger partial charge in [-0.1, -0.05) is 300 Å². The molecule has 0 aliphatic rings. The predicted octanol–water partition coefficient (Wildman–Crippen LogP) is 22.3. The van der Waals surface area contributed by atoms with E-state index in [4.69, 9.17) is 14.2 Å². The zero-order valence-corrected chi connectivity index (χ0v) is 50.1. The Labute approximate surface area is 466 Å². The second-order valence-corrected chi connectivity index (χ2v) is 22.0. The van der Waals surface area contributed by atoms with E-state index < -0.39 is 6.10 Å². The third kappa shape index (κ3) is 61.8. The van der Waals surface area contributed by atoms with Crippen LogP contribution >= 0.6 is 0 Å². The van der Waals surface area contributed by atoms with Crippen molar-refractivity contribution in [1.29, 1.82) is 0 Å². The lowest BCUT2D eigenvalue weighted by Crippen LogP contribution is -2.30. The van der Waals surface area contributed by atoms with Gasteiger partial charge in [0.15, 0.2) is 6.10 Å². The maximum Gasteiger partial charge on any atom is 0.306 e. The molecule has 6 heteroatoms. The number of ether oxygens (including phenoxy) is 3. The van der Waals surface area contributed by atoms with E-state index in [9.17, 15) is 14.4 Å². The molecule has 0 rings (SSSR count). The monoisotopic (exact) mass is 1050 g/mol. The van der Waals surface area contributed by atoms with Gasteiger partial charge in [0.2, 0.25) is 0 Å². The van der Waals surface area contributed by atoms with Crippen molar-refractivity contribution in [3.63, 3.8) is 0 Å². The average molecular weight is 1050 g/mol. The van der Waals surface area contributed by atoms with Gasteiger partial charge in [-0.05, 0) is 83.5 Å². The molecule has 0 saturated carbocycles. The minimum atomic E-state index is -0.796. The molecule has 0 amide bonds. The highest BCUT2D eigenvalue weighted by Gasteiger charge is 2.19. The summed E-state index contributed by atoms with van der Waals surface area (Å²) < 4.78 is 16.9. The number of rotatable bonds is 60. The lowest BCUT2D eigenvalue weighted by Gasteiger charge is -2.18. The van der Waals surface area contributed by atoms with Gasteiger partial charge in [0.05, 0.1) is 0 Å². The third-order valence-electron chi connectivity index (χ3n) is 14.5. The van der Waals surface area contributed by atoms with Gasteiger partial charge in [-0.3, -0.25) is 14.4 Å².